The van der Waals surface area contributed by atoms with Crippen LogP contribution < -0.4 is 0 Å². The molecule has 0 spiro atoms. The van der Waals surface area contributed by atoms with Crippen molar-refractivity contribution in [3.8, 4) is 0 Å². The second-order valence-electron chi connectivity index (χ2n) is 2.87. The topological polar surface area (TPSA) is 36.1 Å². The number of amides is 1. The summed E-state index contributed by atoms with van der Waals surface area (Å²) in [6, 6.07) is 3.79. The number of carbonyl (C=O) groups excluding carboxylic acids is 1. The SMILES string of the molecule is CN1C(=O)/C(=C\c2ccc[nH]2)SC1=S. The molecular formula is C9H8N2OS2. The Morgan fingerprint density at radius 2 is 2.43 bits per heavy atom. The van der Waals surface area contributed by atoms with Crippen LogP contribution in [-0.4, -0.2) is 27.2 Å². The van der Waals surface area contributed by atoms with Crippen LogP contribution in [0, 0.1) is 0 Å². The zero-order valence-electron chi connectivity index (χ0n) is 7.48. The standard InChI is InChI=1S/C9H8N2OS2/c1-11-8(12)7(14-9(11)13)5-6-3-2-4-10-6/h2-5,10H,1H3/b7-5+. The molecule has 2 rings (SSSR count). The van der Waals surface area contributed by atoms with Gasteiger partial charge in [-0.2, -0.15) is 0 Å². The molecule has 1 aromatic rings. The maximum absolute atomic E-state index is 11.6. The number of hydrogen-bond acceptors (Lipinski definition) is 3. The van der Waals surface area contributed by atoms with Crippen molar-refractivity contribution in [1.29, 1.82) is 0 Å². The zero-order chi connectivity index (χ0) is 10.1. The molecule has 1 saturated heterocycles. The third-order valence-corrected chi connectivity index (χ3v) is 3.38. The number of aromatic amines is 1. The van der Waals surface area contributed by atoms with Gasteiger partial charge in [-0.3, -0.25) is 9.69 Å². The molecule has 0 unspecified atom stereocenters. The number of thiocarbonyl (C=S) groups is 1. The molecule has 1 aliphatic heterocycles. The molecule has 0 bridgehead atoms. The van der Waals surface area contributed by atoms with Crippen LogP contribution in [-0.2, 0) is 4.79 Å². The van der Waals surface area contributed by atoms with Gasteiger partial charge in [0, 0.05) is 18.9 Å². The highest BCUT2D eigenvalue weighted by molar-refractivity contribution is 8.26. The molecule has 0 radical (unpaired) electrons. The lowest BCUT2D eigenvalue weighted by Gasteiger charge is -2.03. The summed E-state index contributed by atoms with van der Waals surface area (Å²) in [6.07, 6.45) is 3.63. The lowest BCUT2D eigenvalue weighted by atomic mass is 10.3. The molecule has 5 heteroatoms. The molecule has 0 aliphatic carbocycles. The zero-order valence-corrected chi connectivity index (χ0v) is 9.11. The Bertz CT molecular complexity index is 408. The maximum Gasteiger partial charge on any atom is 0.265 e. The first-order valence-corrected chi connectivity index (χ1v) is 5.26. The van der Waals surface area contributed by atoms with Gasteiger partial charge >= 0.3 is 0 Å². The number of carbonyl (C=O) groups is 1. The predicted octanol–water partition coefficient (Wildman–Crippen LogP) is 1.85. The molecule has 0 atom stereocenters. The summed E-state index contributed by atoms with van der Waals surface area (Å²) in [5, 5.41) is 0. The van der Waals surface area contributed by atoms with Crippen molar-refractivity contribution in [3.63, 3.8) is 0 Å². The number of hydrogen-bond donors (Lipinski definition) is 1. The van der Waals surface area contributed by atoms with Crippen LogP contribution in [0.2, 0.25) is 0 Å². The molecule has 1 aliphatic rings. The van der Waals surface area contributed by atoms with Crippen molar-refractivity contribution in [1.82, 2.24) is 9.88 Å². The Hall–Kier alpha value is -1.07. The lowest BCUT2D eigenvalue weighted by Crippen LogP contribution is -2.22. The number of nitrogens with zero attached hydrogens (tertiary/aromatic N) is 1. The summed E-state index contributed by atoms with van der Waals surface area (Å²) < 4.78 is 0.604. The molecular weight excluding hydrogens is 216 g/mol. The van der Waals surface area contributed by atoms with Crippen molar-refractivity contribution < 1.29 is 4.79 Å². The van der Waals surface area contributed by atoms with Gasteiger partial charge in [0.1, 0.15) is 4.32 Å². The fourth-order valence-electron chi connectivity index (χ4n) is 1.12. The third-order valence-electron chi connectivity index (χ3n) is 1.90. The van der Waals surface area contributed by atoms with Crippen LogP contribution in [0.4, 0.5) is 0 Å². The highest BCUT2D eigenvalue weighted by Gasteiger charge is 2.28. The van der Waals surface area contributed by atoms with E-state index < -0.39 is 0 Å². The van der Waals surface area contributed by atoms with Gasteiger partial charge in [0.15, 0.2) is 0 Å². The number of nitrogens with one attached hydrogen (secondary N) is 1. The monoisotopic (exact) mass is 224 g/mol. The largest absolute Gasteiger partial charge is 0.362 e. The average molecular weight is 224 g/mol. The van der Waals surface area contributed by atoms with Crippen molar-refractivity contribution in [2.24, 2.45) is 0 Å². The maximum atomic E-state index is 11.6. The molecule has 1 fully saturated rings. The Balaban J connectivity index is 2.29. The molecule has 1 aromatic heterocycles. The quantitative estimate of drug-likeness (QED) is 0.584. The van der Waals surface area contributed by atoms with E-state index in [0.29, 0.717) is 9.23 Å². The van der Waals surface area contributed by atoms with Crippen molar-refractivity contribution in [2.75, 3.05) is 7.05 Å². The van der Waals surface area contributed by atoms with Crippen molar-refractivity contribution in [3.05, 3.63) is 28.9 Å². The fraction of sp³-hybridized carbons (Fsp3) is 0.111. The minimum atomic E-state index is -0.0328. The van der Waals surface area contributed by atoms with Crippen LogP contribution >= 0.6 is 24.0 Å². The van der Waals surface area contributed by atoms with Crippen molar-refractivity contribution >= 4 is 40.3 Å². The minimum absolute atomic E-state index is 0.0328. The van der Waals surface area contributed by atoms with E-state index in [9.17, 15) is 4.79 Å². The van der Waals surface area contributed by atoms with Gasteiger partial charge in [-0.1, -0.05) is 24.0 Å². The summed E-state index contributed by atoms with van der Waals surface area (Å²) in [5.74, 6) is -0.0328. The molecule has 0 saturated carbocycles. The van der Waals surface area contributed by atoms with Crippen LogP contribution in [0.5, 0.6) is 0 Å². The van der Waals surface area contributed by atoms with E-state index in [1.807, 2.05) is 24.4 Å². The number of likely N-dealkylation sites (N-methyl/N-ethyl adjacent to an activating group) is 1. The highest BCUT2D eigenvalue weighted by atomic mass is 32.2. The first-order chi connectivity index (χ1) is 6.68. The summed E-state index contributed by atoms with van der Waals surface area (Å²) in [5.41, 5.74) is 0.916. The van der Waals surface area contributed by atoms with E-state index in [1.165, 1.54) is 16.7 Å². The number of H-pyrrole nitrogens is 1. The average Bonchev–Trinajstić information content (AvgIpc) is 2.73. The van der Waals surface area contributed by atoms with E-state index in [2.05, 4.69) is 4.98 Å². The first kappa shape index (κ1) is 9.48. The van der Waals surface area contributed by atoms with Gasteiger partial charge in [0.2, 0.25) is 0 Å². The van der Waals surface area contributed by atoms with E-state index in [0.717, 1.165) is 5.69 Å². The third kappa shape index (κ3) is 1.60. The highest BCUT2D eigenvalue weighted by Crippen LogP contribution is 2.30. The molecule has 3 nitrogen and oxygen atoms in total. The van der Waals surface area contributed by atoms with Crippen LogP contribution in [0.25, 0.3) is 6.08 Å². The lowest BCUT2D eigenvalue weighted by molar-refractivity contribution is -0.121. The smallest absolute Gasteiger partial charge is 0.265 e. The Morgan fingerprint density at radius 3 is 2.93 bits per heavy atom. The van der Waals surface area contributed by atoms with Gasteiger partial charge in [-0.15, -0.1) is 0 Å². The van der Waals surface area contributed by atoms with E-state index in [-0.39, 0.29) is 5.91 Å². The van der Waals surface area contributed by atoms with Gasteiger partial charge < -0.3 is 4.98 Å². The second-order valence-corrected chi connectivity index (χ2v) is 4.54. The van der Waals surface area contributed by atoms with E-state index in [1.54, 1.807) is 7.05 Å². The summed E-state index contributed by atoms with van der Waals surface area (Å²) >= 11 is 6.34. The summed E-state index contributed by atoms with van der Waals surface area (Å²) in [4.78, 5) is 16.7. The molecule has 1 amide bonds. The van der Waals surface area contributed by atoms with Gasteiger partial charge in [-0.05, 0) is 18.2 Å². The van der Waals surface area contributed by atoms with Crippen LogP contribution in [0.1, 0.15) is 5.69 Å². The van der Waals surface area contributed by atoms with E-state index >= 15 is 0 Å². The molecule has 1 N–H and O–H groups in total. The molecule has 0 aromatic carbocycles. The van der Waals surface area contributed by atoms with Crippen LogP contribution in [0.3, 0.4) is 0 Å². The fourth-order valence-corrected chi connectivity index (χ4v) is 2.29. The second kappa shape index (κ2) is 3.59. The molecule has 2 heterocycles. The molecule has 72 valence electrons. The van der Waals surface area contributed by atoms with Crippen molar-refractivity contribution in [2.45, 2.75) is 0 Å². The number of rotatable bonds is 1. The van der Waals surface area contributed by atoms with Crippen LogP contribution in [0.15, 0.2) is 23.2 Å². The summed E-state index contributed by atoms with van der Waals surface area (Å²) in [7, 11) is 1.69. The Morgan fingerprint density at radius 1 is 1.64 bits per heavy atom. The number of aromatic nitrogens is 1. The first-order valence-electron chi connectivity index (χ1n) is 4.03. The van der Waals surface area contributed by atoms with Gasteiger partial charge in [0.25, 0.3) is 5.91 Å². The van der Waals surface area contributed by atoms with Gasteiger partial charge in [0.05, 0.1) is 4.91 Å². The van der Waals surface area contributed by atoms with E-state index in [4.69, 9.17) is 12.2 Å². The minimum Gasteiger partial charge on any atom is -0.362 e. The predicted molar refractivity (Wildman–Crippen MR) is 61.7 cm³/mol. The number of thioether (sulfide) groups is 1. The molecule has 14 heavy (non-hydrogen) atoms. The normalized spacial score (nSPS) is 19.8. The van der Waals surface area contributed by atoms with Gasteiger partial charge in [-0.25, -0.2) is 0 Å². The summed E-state index contributed by atoms with van der Waals surface area (Å²) in [6.45, 7) is 0. The Kier molecular flexibility index (Phi) is 2.43. The Labute approximate surface area is 91.2 Å².